The van der Waals surface area contributed by atoms with Crippen molar-refractivity contribution in [2.45, 2.75) is 29.5 Å². The number of alkyl halides is 3. The SMILES string of the molecule is O=C(c1ccccc1)c1cc([N+](=O)[O-])ccc1N(CC1CC2CCC1C2)C(=O)C(Cl)(Cl)Cl. The molecular formula is C23H21Cl3N2O4. The molecule has 0 aromatic heterocycles. The van der Waals surface area contributed by atoms with Gasteiger partial charge in [-0.25, -0.2) is 0 Å². The van der Waals surface area contributed by atoms with Crippen LogP contribution < -0.4 is 4.90 Å². The number of fused-ring (bicyclic) bond motifs is 2. The third kappa shape index (κ3) is 4.63. The van der Waals surface area contributed by atoms with Crippen LogP contribution in [-0.4, -0.2) is 27.0 Å². The number of nitro benzene ring substituents is 1. The maximum absolute atomic E-state index is 13.3. The van der Waals surface area contributed by atoms with Crippen LogP contribution in [0.1, 0.15) is 41.6 Å². The summed E-state index contributed by atoms with van der Waals surface area (Å²) in [6.07, 6.45) is 4.38. The summed E-state index contributed by atoms with van der Waals surface area (Å²) >= 11 is 17.9. The van der Waals surface area contributed by atoms with Gasteiger partial charge in [0.25, 0.3) is 15.4 Å². The van der Waals surface area contributed by atoms with E-state index < -0.39 is 20.4 Å². The Hall–Kier alpha value is -2.15. The Balaban J connectivity index is 1.79. The highest BCUT2D eigenvalue weighted by atomic mass is 35.6. The Labute approximate surface area is 200 Å². The molecule has 0 heterocycles. The Morgan fingerprint density at radius 1 is 1.06 bits per heavy atom. The first-order valence-electron chi connectivity index (χ1n) is 10.4. The van der Waals surface area contributed by atoms with Gasteiger partial charge in [0, 0.05) is 24.2 Å². The number of nitro groups is 1. The summed E-state index contributed by atoms with van der Waals surface area (Å²) in [6, 6.07) is 12.2. The molecule has 3 unspecified atom stereocenters. The molecule has 2 aromatic carbocycles. The lowest BCUT2D eigenvalue weighted by Crippen LogP contribution is -2.44. The third-order valence-electron chi connectivity index (χ3n) is 6.55. The number of rotatable bonds is 6. The fraction of sp³-hybridized carbons (Fsp3) is 0.391. The predicted molar refractivity (Wildman–Crippen MR) is 125 cm³/mol. The zero-order valence-electron chi connectivity index (χ0n) is 17.0. The van der Waals surface area contributed by atoms with E-state index in [0.717, 1.165) is 19.3 Å². The first-order valence-corrected chi connectivity index (χ1v) is 11.6. The number of nitrogens with zero attached hydrogens (tertiary/aromatic N) is 2. The molecule has 2 aliphatic rings. The largest absolute Gasteiger partial charge is 0.308 e. The van der Waals surface area contributed by atoms with Crippen molar-refractivity contribution in [2.75, 3.05) is 11.4 Å². The summed E-state index contributed by atoms with van der Waals surface area (Å²) in [7, 11) is 0. The molecule has 168 valence electrons. The first kappa shape index (κ1) is 23.0. The van der Waals surface area contributed by atoms with Gasteiger partial charge in [0.2, 0.25) is 0 Å². The van der Waals surface area contributed by atoms with E-state index in [0.29, 0.717) is 23.9 Å². The summed E-state index contributed by atoms with van der Waals surface area (Å²) in [5.41, 5.74) is 0.324. The van der Waals surface area contributed by atoms with Gasteiger partial charge in [-0.2, -0.15) is 0 Å². The fourth-order valence-corrected chi connectivity index (χ4v) is 5.38. The van der Waals surface area contributed by atoms with Crippen molar-refractivity contribution in [3.05, 3.63) is 69.8 Å². The number of halogens is 3. The minimum absolute atomic E-state index is 0.0242. The van der Waals surface area contributed by atoms with E-state index in [-0.39, 0.29) is 22.9 Å². The quantitative estimate of drug-likeness (QED) is 0.214. The molecule has 0 aliphatic heterocycles. The van der Waals surface area contributed by atoms with Crippen LogP contribution in [0, 0.1) is 27.9 Å². The van der Waals surface area contributed by atoms with Crippen LogP contribution in [0.4, 0.5) is 11.4 Å². The Bertz CT molecular complexity index is 1050. The Morgan fingerprint density at radius 3 is 2.34 bits per heavy atom. The third-order valence-corrected chi connectivity index (χ3v) is 7.04. The number of anilines is 1. The molecular weight excluding hydrogens is 475 g/mol. The van der Waals surface area contributed by atoms with Gasteiger partial charge in [0.1, 0.15) is 0 Å². The summed E-state index contributed by atoms with van der Waals surface area (Å²) in [6.45, 7) is 0.292. The van der Waals surface area contributed by atoms with Gasteiger partial charge in [-0.3, -0.25) is 19.7 Å². The van der Waals surface area contributed by atoms with Gasteiger partial charge < -0.3 is 4.90 Å². The molecule has 0 saturated heterocycles. The second-order valence-electron chi connectivity index (χ2n) is 8.50. The van der Waals surface area contributed by atoms with Crippen molar-refractivity contribution in [1.29, 1.82) is 0 Å². The van der Waals surface area contributed by atoms with Gasteiger partial charge in [-0.15, -0.1) is 0 Å². The Morgan fingerprint density at radius 2 is 1.78 bits per heavy atom. The minimum atomic E-state index is -2.23. The van der Waals surface area contributed by atoms with Gasteiger partial charge in [0.05, 0.1) is 16.2 Å². The van der Waals surface area contributed by atoms with Crippen LogP contribution >= 0.6 is 34.8 Å². The predicted octanol–water partition coefficient (Wildman–Crippen LogP) is 5.97. The molecule has 2 fully saturated rings. The van der Waals surface area contributed by atoms with Crippen molar-refractivity contribution in [1.82, 2.24) is 0 Å². The lowest BCUT2D eigenvalue weighted by atomic mass is 9.88. The molecule has 0 radical (unpaired) electrons. The number of ketones is 1. The van der Waals surface area contributed by atoms with Gasteiger partial charge in [-0.1, -0.05) is 71.6 Å². The molecule has 6 nitrogen and oxygen atoms in total. The Kier molecular flexibility index (Phi) is 6.48. The number of benzene rings is 2. The molecule has 32 heavy (non-hydrogen) atoms. The van der Waals surface area contributed by atoms with Crippen molar-refractivity contribution < 1.29 is 14.5 Å². The lowest BCUT2D eigenvalue weighted by Gasteiger charge is -2.32. The topological polar surface area (TPSA) is 80.5 Å². The molecule has 9 heteroatoms. The highest BCUT2D eigenvalue weighted by molar-refractivity contribution is 6.77. The van der Waals surface area contributed by atoms with Crippen LogP contribution in [0.15, 0.2) is 48.5 Å². The number of carbonyl (C=O) groups is 2. The van der Waals surface area contributed by atoms with E-state index >= 15 is 0 Å². The monoisotopic (exact) mass is 494 g/mol. The lowest BCUT2D eigenvalue weighted by molar-refractivity contribution is -0.384. The van der Waals surface area contributed by atoms with Crippen LogP contribution in [-0.2, 0) is 4.79 Å². The summed E-state index contributed by atoms with van der Waals surface area (Å²) in [5, 5.41) is 11.4. The van der Waals surface area contributed by atoms with Gasteiger partial charge in [-0.05, 0) is 43.1 Å². The number of carbonyl (C=O) groups excluding carboxylic acids is 2. The molecule has 2 aromatic rings. The molecule has 3 atom stereocenters. The zero-order valence-corrected chi connectivity index (χ0v) is 19.3. The van der Waals surface area contributed by atoms with E-state index in [9.17, 15) is 19.7 Å². The molecule has 0 N–H and O–H groups in total. The van der Waals surface area contributed by atoms with Gasteiger partial charge in [0.15, 0.2) is 5.78 Å². The molecule has 2 aliphatic carbocycles. The number of hydrogen-bond donors (Lipinski definition) is 0. The fourth-order valence-electron chi connectivity index (χ4n) is 5.08. The van der Waals surface area contributed by atoms with Crippen LogP contribution in [0.5, 0.6) is 0 Å². The highest BCUT2D eigenvalue weighted by Gasteiger charge is 2.44. The smallest absolute Gasteiger partial charge is 0.279 e. The van der Waals surface area contributed by atoms with Crippen molar-refractivity contribution >= 4 is 57.9 Å². The number of hydrogen-bond acceptors (Lipinski definition) is 4. The standard InChI is InChI=1S/C23H21Cl3N2O4/c24-23(25,26)22(30)27(13-17-11-14-6-7-16(17)10-14)20-9-8-18(28(31)32)12-19(20)21(29)15-4-2-1-3-5-15/h1-5,8-9,12,14,16-17H,6-7,10-11,13H2. The normalized spacial score (nSPS) is 22.0. The number of amides is 1. The van der Waals surface area contributed by atoms with Crippen LogP contribution in [0.2, 0.25) is 0 Å². The maximum Gasteiger partial charge on any atom is 0.279 e. The second-order valence-corrected chi connectivity index (χ2v) is 10.8. The second kappa shape index (κ2) is 9.00. The van der Waals surface area contributed by atoms with Crippen LogP contribution in [0.25, 0.3) is 0 Å². The molecule has 4 rings (SSSR count). The minimum Gasteiger partial charge on any atom is -0.308 e. The van der Waals surface area contributed by atoms with Crippen molar-refractivity contribution in [2.24, 2.45) is 17.8 Å². The van der Waals surface area contributed by atoms with E-state index in [1.54, 1.807) is 30.3 Å². The van der Waals surface area contributed by atoms with Crippen molar-refractivity contribution in [3.63, 3.8) is 0 Å². The average molecular weight is 496 g/mol. The van der Waals surface area contributed by atoms with E-state index in [1.807, 2.05) is 0 Å². The van der Waals surface area contributed by atoms with Gasteiger partial charge >= 0.3 is 0 Å². The van der Waals surface area contributed by atoms with Crippen LogP contribution in [0.3, 0.4) is 0 Å². The average Bonchev–Trinajstić information content (AvgIpc) is 3.39. The summed E-state index contributed by atoms with van der Waals surface area (Å²) in [5.74, 6) is 0.120. The summed E-state index contributed by atoms with van der Waals surface area (Å²) < 4.78 is -2.23. The first-order chi connectivity index (χ1) is 15.1. The van der Waals surface area contributed by atoms with E-state index in [4.69, 9.17) is 34.8 Å². The number of non-ortho nitro benzene ring substituents is 1. The maximum atomic E-state index is 13.3. The molecule has 2 saturated carbocycles. The zero-order chi connectivity index (χ0) is 23.0. The molecule has 1 amide bonds. The highest BCUT2D eigenvalue weighted by Crippen LogP contribution is 2.49. The van der Waals surface area contributed by atoms with Crippen molar-refractivity contribution in [3.8, 4) is 0 Å². The molecule has 2 bridgehead atoms. The summed E-state index contributed by atoms with van der Waals surface area (Å²) in [4.78, 5) is 38.7. The molecule has 0 spiro atoms. The van der Waals surface area contributed by atoms with E-state index in [1.165, 1.54) is 29.5 Å². The van der Waals surface area contributed by atoms with E-state index in [2.05, 4.69) is 0 Å².